The monoisotopic (exact) mass is 244 g/mol. The van der Waals surface area contributed by atoms with Gasteiger partial charge < -0.3 is 5.11 Å². The zero-order chi connectivity index (χ0) is 13.2. The molecule has 0 heterocycles. The number of rotatable bonds is 1. The van der Waals surface area contributed by atoms with Gasteiger partial charge in [-0.25, -0.2) is 0 Å². The van der Waals surface area contributed by atoms with Gasteiger partial charge in [0.15, 0.2) is 11.4 Å². The van der Waals surface area contributed by atoms with Gasteiger partial charge in [-0.1, -0.05) is 51.1 Å². The minimum absolute atomic E-state index is 0.00675. The fourth-order valence-corrected chi connectivity index (χ4v) is 4.27. The highest BCUT2D eigenvalue weighted by Crippen LogP contribution is 2.70. The van der Waals surface area contributed by atoms with Crippen molar-refractivity contribution in [2.24, 2.45) is 16.7 Å². The molecule has 3 atom stereocenters. The lowest BCUT2D eigenvalue weighted by atomic mass is 9.62. The average Bonchev–Trinajstić information content (AvgIpc) is 2.65. The second kappa shape index (κ2) is 3.24. The van der Waals surface area contributed by atoms with E-state index in [-0.39, 0.29) is 22.5 Å². The van der Waals surface area contributed by atoms with Crippen molar-refractivity contribution in [1.29, 1.82) is 0 Å². The lowest BCUT2D eigenvalue weighted by molar-refractivity contribution is -0.152. The van der Waals surface area contributed by atoms with Crippen LogP contribution in [0.3, 0.4) is 0 Å². The van der Waals surface area contributed by atoms with Crippen LogP contribution in [0.1, 0.15) is 39.2 Å². The highest BCUT2D eigenvalue weighted by Gasteiger charge is 2.74. The second-order valence-electron chi connectivity index (χ2n) is 6.59. The lowest BCUT2D eigenvalue weighted by Crippen LogP contribution is -2.48. The van der Waals surface area contributed by atoms with Crippen molar-refractivity contribution in [2.75, 3.05) is 0 Å². The van der Waals surface area contributed by atoms with E-state index in [9.17, 15) is 9.90 Å². The van der Waals surface area contributed by atoms with Crippen LogP contribution in [-0.4, -0.2) is 10.9 Å². The van der Waals surface area contributed by atoms with Crippen LogP contribution >= 0.6 is 0 Å². The van der Waals surface area contributed by atoms with Gasteiger partial charge in [0.2, 0.25) is 0 Å². The van der Waals surface area contributed by atoms with Crippen molar-refractivity contribution < 1.29 is 9.90 Å². The zero-order valence-electron chi connectivity index (χ0n) is 11.2. The van der Waals surface area contributed by atoms with Gasteiger partial charge in [0, 0.05) is 11.3 Å². The molecule has 0 saturated heterocycles. The lowest BCUT2D eigenvalue weighted by Gasteiger charge is -2.44. The van der Waals surface area contributed by atoms with E-state index in [2.05, 4.69) is 20.8 Å². The zero-order valence-corrected chi connectivity index (χ0v) is 11.2. The van der Waals surface area contributed by atoms with Crippen LogP contribution in [0.15, 0.2) is 30.3 Å². The molecule has 2 aliphatic carbocycles. The number of fused-ring (bicyclic) bond motifs is 2. The molecule has 2 bridgehead atoms. The first-order valence-corrected chi connectivity index (χ1v) is 6.68. The first-order valence-electron chi connectivity index (χ1n) is 6.68. The third-order valence-corrected chi connectivity index (χ3v) is 5.89. The number of benzene rings is 1. The summed E-state index contributed by atoms with van der Waals surface area (Å²) in [5.74, 6) is 0.0140. The van der Waals surface area contributed by atoms with E-state index in [4.69, 9.17) is 0 Å². The third-order valence-electron chi connectivity index (χ3n) is 5.89. The van der Waals surface area contributed by atoms with Crippen LogP contribution in [0.4, 0.5) is 0 Å². The molecule has 0 radical (unpaired) electrons. The Morgan fingerprint density at radius 1 is 1.17 bits per heavy atom. The molecule has 0 amide bonds. The Morgan fingerprint density at radius 2 is 1.78 bits per heavy atom. The molecule has 1 N–H and O–H groups in total. The molecule has 0 spiro atoms. The molecule has 18 heavy (non-hydrogen) atoms. The molecule has 2 nitrogen and oxygen atoms in total. The van der Waals surface area contributed by atoms with E-state index >= 15 is 0 Å². The minimum atomic E-state index is -1.30. The van der Waals surface area contributed by atoms with Gasteiger partial charge in [0.25, 0.3) is 0 Å². The molecular weight excluding hydrogens is 224 g/mol. The summed E-state index contributed by atoms with van der Waals surface area (Å²) in [6.45, 7) is 6.33. The van der Waals surface area contributed by atoms with Gasteiger partial charge in [-0.2, -0.15) is 0 Å². The van der Waals surface area contributed by atoms with Gasteiger partial charge in [-0.15, -0.1) is 0 Å². The Balaban J connectivity index is 2.23. The van der Waals surface area contributed by atoms with Gasteiger partial charge in [0.1, 0.15) is 0 Å². The number of ketones is 1. The Kier molecular flexibility index (Phi) is 2.14. The molecule has 0 aromatic heterocycles. The smallest absolute Gasteiger partial charge is 0.173 e. The maximum Gasteiger partial charge on any atom is 0.173 e. The first-order chi connectivity index (χ1) is 8.36. The molecule has 0 unspecified atom stereocenters. The molecule has 2 heteroatoms. The number of Topliss-reactive ketones (excluding diaryl/α,β-unsaturated/α-hetero) is 1. The fraction of sp³-hybridized carbons (Fsp3) is 0.562. The Bertz CT molecular complexity index is 505. The molecule has 2 saturated carbocycles. The number of hydrogen-bond acceptors (Lipinski definition) is 2. The predicted octanol–water partition coefficient (Wildman–Crippen LogP) is 2.90. The second-order valence-corrected chi connectivity index (χ2v) is 6.59. The van der Waals surface area contributed by atoms with Crippen molar-refractivity contribution in [3.63, 3.8) is 0 Å². The molecule has 3 rings (SSSR count). The van der Waals surface area contributed by atoms with Crippen molar-refractivity contribution in [3.8, 4) is 0 Å². The van der Waals surface area contributed by atoms with E-state index < -0.39 is 5.60 Å². The molecule has 2 fully saturated rings. The van der Waals surface area contributed by atoms with Crippen LogP contribution < -0.4 is 0 Å². The van der Waals surface area contributed by atoms with E-state index in [0.717, 1.165) is 18.4 Å². The predicted molar refractivity (Wildman–Crippen MR) is 70.0 cm³/mol. The minimum Gasteiger partial charge on any atom is -0.377 e. The molecule has 2 aliphatic rings. The topological polar surface area (TPSA) is 37.3 Å². The molecular formula is C16H20O2. The quantitative estimate of drug-likeness (QED) is 0.824. The third kappa shape index (κ3) is 1.02. The summed E-state index contributed by atoms with van der Waals surface area (Å²) in [4.78, 5) is 12.7. The fourth-order valence-electron chi connectivity index (χ4n) is 4.27. The van der Waals surface area contributed by atoms with Crippen LogP contribution in [-0.2, 0) is 10.4 Å². The van der Waals surface area contributed by atoms with E-state index in [1.807, 2.05) is 30.3 Å². The maximum absolute atomic E-state index is 12.7. The van der Waals surface area contributed by atoms with Crippen LogP contribution in [0, 0.1) is 16.7 Å². The summed E-state index contributed by atoms with van der Waals surface area (Å²) in [5, 5.41) is 11.2. The summed E-state index contributed by atoms with van der Waals surface area (Å²) in [6.07, 6.45) is 1.83. The Morgan fingerprint density at radius 3 is 2.28 bits per heavy atom. The first kappa shape index (κ1) is 11.9. The number of hydrogen-bond donors (Lipinski definition) is 1. The van der Waals surface area contributed by atoms with Gasteiger partial charge >= 0.3 is 0 Å². The number of aliphatic hydroxyl groups is 1. The van der Waals surface area contributed by atoms with E-state index in [1.165, 1.54) is 0 Å². The molecule has 1 aromatic carbocycles. The average molecular weight is 244 g/mol. The summed E-state index contributed by atoms with van der Waals surface area (Å²) in [6, 6.07) is 9.45. The summed E-state index contributed by atoms with van der Waals surface area (Å²) in [7, 11) is 0. The van der Waals surface area contributed by atoms with Gasteiger partial charge in [-0.3, -0.25) is 4.79 Å². The molecule has 96 valence electrons. The maximum atomic E-state index is 12.7. The van der Waals surface area contributed by atoms with E-state index in [1.54, 1.807) is 0 Å². The summed E-state index contributed by atoms with van der Waals surface area (Å²) >= 11 is 0. The van der Waals surface area contributed by atoms with Crippen molar-refractivity contribution in [1.82, 2.24) is 0 Å². The van der Waals surface area contributed by atoms with Crippen LogP contribution in [0.25, 0.3) is 0 Å². The highest BCUT2D eigenvalue weighted by molar-refractivity contribution is 5.96. The molecule has 0 aliphatic heterocycles. The van der Waals surface area contributed by atoms with E-state index in [0.29, 0.717) is 0 Å². The van der Waals surface area contributed by atoms with Crippen molar-refractivity contribution >= 4 is 5.78 Å². The normalized spacial score (nSPS) is 41.3. The van der Waals surface area contributed by atoms with Gasteiger partial charge in [0.05, 0.1) is 0 Å². The van der Waals surface area contributed by atoms with Crippen LogP contribution in [0.2, 0.25) is 0 Å². The SMILES string of the molecule is CC1(C)[C@@H]2CC[C@]1(C)[C@](O)(c1ccccc1)C2=O. The van der Waals surface area contributed by atoms with Crippen molar-refractivity contribution in [2.45, 2.75) is 39.2 Å². The Hall–Kier alpha value is -1.15. The molecule has 1 aromatic rings. The van der Waals surface area contributed by atoms with Gasteiger partial charge in [-0.05, 0) is 23.8 Å². The standard InChI is InChI=1S/C16H20O2/c1-14(2)12-9-10-15(14,3)16(18,13(12)17)11-7-5-4-6-8-11/h4-8,12,18H,9-10H2,1-3H3/t12-,15+,16+/m1/s1. The largest absolute Gasteiger partial charge is 0.377 e. The van der Waals surface area contributed by atoms with Crippen molar-refractivity contribution in [3.05, 3.63) is 35.9 Å². The summed E-state index contributed by atoms with van der Waals surface area (Å²) < 4.78 is 0. The summed E-state index contributed by atoms with van der Waals surface area (Å²) in [5.41, 5.74) is -1.04. The number of carbonyl (C=O) groups is 1. The Labute approximate surface area is 108 Å². The number of carbonyl (C=O) groups excluding carboxylic acids is 1. The van der Waals surface area contributed by atoms with Crippen LogP contribution in [0.5, 0.6) is 0 Å². The highest BCUT2D eigenvalue weighted by atomic mass is 16.3.